The second-order valence-electron chi connectivity index (χ2n) is 9.05. The van der Waals surface area contributed by atoms with Gasteiger partial charge in [0.2, 0.25) is 0 Å². The number of allylic oxidation sites excluding steroid dienone is 2. The lowest BCUT2D eigenvalue weighted by atomic mass is 9.99. The first kappa shape index (κ1) is 28.9. The fourth-order valence-corrected chi connectivity index (χ4v) is 3.86. The lowest BCUT2D eigenvalue weighted by molar-refractivity contribution is 1.29. The molecular weight excluding hydrogens is 408 g/mol. The molecule has 0 aliphatic heterocycles. The molecule has 0 heterocycles. The number of rotatable bonds is 4. The summed E-state index contributed by atoms with van der Waals surface area (Å²) in [5.74, 6) is 0. The van der Waals surface area contributed by atoms with Crippen molar-refractivity contribution in [2.45, 2.75) is 69.7 Å². The van der Waals surface area contributed by atoms with Crippen molar-refractivity contribution in [2.75, 3.05) is 0 Å². The Kier molecular flexibility index (Phi) is 11.5. The van der Waals surface area contributed by atoms with Gasteiger partial charge in [0.1, 0.15) is 0 Å². The van der Waals surface area contributed by atoms with E-state index in [1.807, 2.05) is 0 Å². The minimum absolute atomic E-state index is 0. The average Bonchev–Trinajstić information content (AvgIpc) is 2.76. The Morgan fingerprint density at radius 2 is 0.794 bits per heavy atom. The molecule has 3 aromatic rings. The predicted molar refractivity (Wildman–Crippen MR) is 158 cm³/mol. The molecule has 0 saturated carbocycles. The van der Waals surface area contributed by atoms with Crippen LogP contribution in [0.15, 0.2) is 54.6 Å². The molecule has 0 spiro atoms. The van der Waals surface area contributed by atoms with E-state index in [-0.39, 0.29) is 7.43 Å². The second-order valence-corrected chi connectivity index (χ2v) is 9.05. The van der Waals surface area contributed by atoms with Gasteiger partial charge in [-0.05, 0) is 118 Å². The highest BCUT2D eigenvalue weighted by Crippen LogP contribution is 2.20. The highest BCUT2D eigenvalue weighted by Gasteiger charge is 2.01. The van der Waals surface area contributed by atoms with Crippen LogP contribution in [0.25, 0.3) is 24.3 Å². The van der Waals surface area contributed by atoms with Crippen molar-refractivity contribution in [3.63, 3.8) is 0 Å². The Labute approximate surface area is 209 Å². The van der Waals surface area contributed by atoms with Crippen LogP contribution in [0, 0.1) is 48.5 Å². The van der Waals surface area contributed by atoms with Crippen LogP contribution in [0.5, 0.6) is 0 Å². The summed E-state index contributed by atoms with van der Waals surface area (Å²) in [4.78, 5) is 0. The molecule has 0 unspecified atom stereocenters. The molecule has 0 radical (unpaired) electrons. The number of hydrogen-bond acceptors (Lipinski definition) is 0. The Balaban J connectivity index is 0.000000346. The summed E-state index contributed by atoms with van der Waals surface area (Å²) in [6.07, 6.45) is 12.9. The molecule has 0 aliphatic rings. The van der Waals surface area contributed by atoms with Gasteiger partial charge in [0.05, 0.1) is 0 Å². The largest absolute Gasteiger partial charge is 0.0871 e. The van der Waals surface area contributed by atoms with E-state index in [2.05, 4.69) is 141 Å². The van der Waals surface area contributed by atoms with E-state index in [1.54, 1.807) is 0 Å². The third-order valence-corrected chi connectivity index (χ3v) is 6.11. The van der Waals surface area contributed by atoms with Crippen molar-refractivity contribution in [1.29, 1.82) is 0 Å². The Morgan fingerprint density at radius 1 is 0.412 bits per heavy atom. The first-order valence-electron chi connectivity index (χ1n) is 11.9. The summed E-state index contributed by atoms with van der Waals surface area (Å²) in [6.45, 7) is 19.2. The van der Waals surface area contributed by atoms with Crippen LogP contribution >= 0.6 is 0 Å². The topological polar surface area (TPSA) is 0 Å². The average molecular weight is 453 g/mol. The smallest absolute Gasteiger partial charge is 0.0224 e. The summed E-state index contributed by atoms with van der Waals surface area (Å²) < 4.78 is 0. The van der Waals surface area contributed by atoms with Crippen molar-refractivity contribution in [3.8, 4) is 0 Å². The van der Waals surface area contributed by atoms with Gasteiger partial charge >= 0.3 is 0 Å². The lowest BCUT2D eigenvalue weighted by Gasteiger charge is -2.07. The molecule has 3 aromatic carbocycles. The molecule has 180 valence electrons. The van der Waals surface area contributed by atoms with Crippen LogP contribution in [0.1, 0.15) is 82.5 Å². The zero-order chi connectivity index (χ0) is 24.5. The van der Waals surface area contributed by atoms with Gasteiger partial charge in [0.25, 0.3) is 0 Å². The molecule has 0 atom stereocenters. The normalized spacial score (nSPS) is 11.1. The van der Waals surface area contributed by atoms with Crippen molar-refractivity contribution in [1.82, 2.24) is 0 Å². The van der Waals surface area contributed by atoms with Gasteiger partial charge in [-0.2, -0.15) is 0 Å². The van der Waals surface area contributed by atoms with Crippen LogP contribution in [-0.4, -0.2) is 0 Å². The maximum absolute atomic E-state index is 2.27. The van der Waals surface area contributed by atoms with Crippen molar-refractivity contribution >= 4 is 24.3 Å². The minimum Gasteiger partial charge on any atom is -0.0871 e. The molecule has 0 fully saturated rings. The number of benzene rings is 3. The summed E-state index contributed by atoms with van der Waals surface area (Å²) in [6, 6.07) is 15.6. The molecule has 0 N–H and O–H groups in total. The van der Waals surface area contributed by atoms with Gasteiger partial charge in [0.15, 0.2) is 0 Å². The van der Waals surface area contributed by atoms with E-state index in [0.29, 0.717) is 0 Å². The summed E-state index contributed by atoms with van der Waals surface area (Å²) in [5, 5.41) is 0. The molecule has 0 amide bonds. The summed E-state index contributed by atoms with van der Waals surface area (Å²) in [7, 11) is 0. The molecular formula is C34H44. The van der Waals surface area contributed by atoms with E-state index in [1.165, 1.54) is 61.2 Å². The van der Waals surface area contributed by atoms with Crippen LogP contribution in [0.3, 0.4) is 0 Å². The quantitative estimate of drug-likeness (QED) is 0.345. The van der Waals surface area contributed by atoms with Crippen molar-refractivity contribution < 1.29 is 0 Å². The third-order valence-electron chi connectivity index (χ3n) is 6.11. The van der Waals surface area contributed by atoms with E-state index in [0.717, 1.165) is 0 Å². The van der Waals surface area contributed by atoms with Crippen LogP contribution in [-0.2, 0) is 0 Å². The molecule has 0 aromatic heterocycles. The Morgan fingerprint density at radius 3 is 1.29 bits per heavy atom. The molecule has 0 bridgehead atoms. The van der Waals surface area contributed by atoms with Crippen molar-refractivity contribution in [2.24, 2.45) is 0 Å². The third kappa shape index (κ3) is 8.03. The molecule has 0 nitrogen and oxygen atoms in total. The van der Waals surface area contributed by atoms with Crippen LogP contribution in [0.4, 0.5) is 0 Å². The summed E-state index contributed by atoms with van der Waals surface area (Å²) in [5.41, 5.74) is 14.6. The lowest BCUT2D eigenvalue weighted by Crippen LogP contribution is -1.88. The second kappa shape index (κ2) is 13.6. The van der Waals surface area contributed by atoms with Gasteiger partial charge in [-0.3, -0.25) is 0 Å². The van der Waals surface area contributed by atoms with Gasteiger partial charge in [-0.25, -0.2) is 0 Å². The van der Waals surface area contributed by atoms with Gasteiger partial charge in [0, 0.05) is 0 Å². The van der Waals surface area contributed by atoms with E-state index < -0.39 is 0 Å². The van der Waals surface area contributed by atoms with E-state index >= 15 is 0 Å². The fraction of sp³-hybridized carbons (Fsp3) is 0.294. The highest BCUT2D eigenvalue weighted by atomic mass is 14.1. The first-order valence-corrected chi connectivity index (χ1v) is 11.9. The first-order chi connectivity index (χ1) is 15.7. The van der Waals surface area contributed by atoms with Crippen LogP contribution < -0.4 is 0 Å². The van der Waals surface area contributed by atoms with Gasteiger partial charge in [-0.1, -0.05) is 91.9 Å². The van der Waals surface area contributed by atoms with E-state index in [9.17, 15) is 0 Å². The zero-order valence-electron chi connectivity index (χ0n) is 22.0. The van der Waals surface area contributed by atoms with Crippen LogP contribution in [0.2, 0.25) is 0 Å². The SMILES string of the molecule is C.C/C=C/c1cc(C)c(/C=C/C)cc1C.Cc1ccc(C)c(/C=C/c2cc(C)c(C)cc2C)c1. The van der Waals surface area contributed by atoms with Gasteiger partial charge in [-0.15, -0.1) is 0 Å². The fourth-order valence-electron chi connectivity index (χ4n) is 3.86. The maximum atomic E-state index is 2.27. The molecule has 34 heavy (non-hydrogen) atoms. The summed E-state index contributed by atoms with van der Waals surface area (Å²) >= 11 is 0. The van der Waals surface area contributed by atoms with E-state index in [4.69, 9.17) is 0 Å². The maximum Gasteiger partial charge on any atom is -0.0224 e. The predicted octanol–water partition coefficient (Wildman–Crippen LogP) is 10.4. The zero-order valence-corrected chi connectivity index (χ0v) is 22.0. The molecule has 0 heteroatoms. The monoisotopic (exact) mass is 452 g/mol. The highest BCUT2D eigenvalue weighted by molar-refractivity contribution is 5.73. The number of aryl methyl sites for hydroxylation is 7. The van der Waals surface area contributed by atoms with Gasteiger partial charge < -0.3 is 0 Å². The number of hydrogen-bond donors (Lipinski definition) is 0. The molecule has 0 aliphatic carbocycles. The van der Waals surface area contributed by atoms with Crippen molar-refractivity contribution in [3.05, 3.63) is 116 Å². The standard InChI is InChI=1S/C19H22.C14H18.CH4/c1-13-6-7-14(2)18(10-13)8-9-19-12-16(4)15(3)11-17(19)5;1-5-7-13-9-12(4)14(8-6-2)10-11(13)3;/h6-12H,1-5H3;5-10H,1-4H3;1H4/b9-8+;7-5+,8-6+;. The Bertz CT molecular complexity index is 1150. The Hall–Kier alpha value is -3.12. The minimum atomic E-state index is 0. The molecule has 0 saturated heterocycles. The molecule has 3 rings (SSSR count).